The summed E-state index contributed by atoms with van der Waals surface area (Å²) in [5.74, 6) is 0.518. The Morgan fingerprint density at radius 2 is 1.97 bits per heavy atom. The van der Waals surface area contributed by atoms with Crippen molar-refractivity contribution in [3.63, 3.8) is 0 Å². The molecule has 1 heterocycles. The maximum Gasteiger partial charge on any atom is 0.254 e. The molecule has 0 radical (unpaired) electrons. The Hall–Kier alpha value is -3.02. The molecule has 4 N–H and O–H groups in total. The van der Waals surface area contributed by atoms with Gasteiger partial charge >= 0.3 is 0 Å². The van der Waals surface area contributed by atoms with Crippen LogP contribution < -0.4 is 16.2 Å². The zero-order valence-corrected chi connectivity index (χ0v) is 19.8. The highest BCUT2D eigenvalue weighted by Crippen LogP contribution is 2.31. The number of amides is 1. The van der Waals surface area contributed by atoms with Crippen molar-refractivity contribution < 1.29 is 9.53 Å². The van der Waals surface area contributed by atoms with Gasteiger partial charge in [-0.25, -0.2) is 4.68 Å². The van der Waals surface area contributed by atoms with Gasteiger partial charge in [0.15, 0.2) is 0 Å². The second-order valence-corrected chi connectivity index (χ2v) is 9.03. The molecule has 1 aromatic heterocycles. The molecule has 2 aromatic rings. The highest BCUT2D eigenvalue weighted by Gasteiger charge is 2.27. The Balaban J connectivity index is 2.67. The molecule has 0 atom stereocenters. The highest BCUT2D eigenvalue weighted by atomic mass is 16.5. The van der Waals surface area contributed by atoms with Gasteiger partial charge in [0.1, 0.15) is 22.8 Å². The number of primary amides is 1. The molecule has 0 aliphatic rings. The second-order valence-electron chi connectivity index (χ2n) is 9.03. The van der Waals surface area contributed by atoms with Crippen LogP contribution in [0.3, 0.4) is 0 Å². The van der Waals surface area contributed by atoms with E-state index in [0.29, 0.717) is 5.69 Å². The molecule has 0 unspecified atom stereocenters. The van der Waals surface area contributed by atoms with E-state index in [1.807, 2.05) is 71.9 Å². The number of rotatable bonds is 8. The van der Waals surface area contributed by atoms with E-state index in [1.165, 1.54) is 0 Å². The lowest BCUT2D eigenvalue weighted by molar-refractivity contribution is 0.100. The van der Waals surface area contributed by atoms with Crippen LogP contribution in [0.2, 0.25) is 0 Å². The third kappa shape index (κ3) is 6.00. The average molecular weight is 425 g/mol. The van der Waals surface area contributed by atoms with E-state index in [0.717, 1.165) is 35.3 Å². The number of carbonyl (C=O) groups is 1. The van der Waals surface area contributed by atoms with Gasteiger partial charge in [-0.05, 0) is 77.3 Å². The van der Waals surface area contributed by atoms with Crippen molar-refractivity contribution in [1.29, 1.82) is 0 Å². The van der Waals surface area contributed by atoms with Crippen LogP contribution in [-0.4, -0.2) is 21.8 Å². The van der Waals surface area contributed by atoms with Crippen molar-refractivity contribution in [2.45, 2.75) is 73.0 Å². The fourth-order valence-electron chi connectivity index (χ4n) is 3.28. The maximum absolute atomic E-state index is 12.3. The van der Waals surface area contributed by atoms with Crippen LogP contribution in [0.25, 0.3) is 11.6 Å². The summed E-state index contributed by atoms with van der Waals surface area (Å²) < 4.78 is 7.46. The lowest BCUT2D eigenvalue weighted by Crippen LogP contribution is -2.25. The summed E-state index contributed by atoms with van der Waals surface area (Å²) in [7, 11) is 0. The van der Waals surface area contributed by atoms with E-state index in [9.17, 15) is 4.79 Å². The molecule has 31 heavy (non-hydrogen) atoms. The summed E-state index contributed by atoms with van der Waals surface area (Å²) >= 11 is 0. The Kier molecular flexibility index (Phi) is 7.71. The van der Waals surface area contributed by atoms with Gasteiger partial charge in [0.25, 0.3) is 5.91 Å². The minimum absolute atomic E-state index is 0.107. The largest absolute Gasteiger partial charge is 0.491 e. The summed E-state index contributed by atoms with van der Waals surface area (Å²) in [6, 6.07) is 5.97. The summed E-state index contributed by atoms with van der Waals surface area (Å²) in [5, 5.41) is 4.71. The quantitative estimate of drug-likeness (QED) is 0.561. The van der Waals surface area contributed by atoms with E-state index < -0.39 is 11.4 Å². The number of nitrogen functional groups attached to an aromatic ring is 1. The average Bonchev–Trinajstić information content (AvgIpc) is 3.00. The van der Waals surface area contributed by atoms with Crippen LogP contribution in [0.4, 0.5) is 5.82 Å². The third-order valence-electron chi connectivity index (χ3n) is 4.75. The number of benzene rings is 1. The monoisotopic (exact) mass is 424 g/mol. The van der Waals surface area contributed by atoms with Gasteiger partial charge in [0, 0.05) is 5.57 Å². The van der Waals surface area contributed by atoms with Crippen molar-refractivity contribution in [3.8, 4) is 5.75 Å². The zero-order chi connectivity index (χ0) is 23.3. The van der Waals surface area contributed by atoms with Crippen LogP contribution in [0.15, 0.2) is 30.4 Å². The van der Waals surface area contributed by atoms with Crippen LogP contribution in [0.1, 0.15) is 81.6 Å². The molecule has 6 nitrogen and oxygen atoms in total. The van der Waals surface area contributed by atoms with Crippen LogP contribution in [-0.2, 0) is 5.54 Å². The van der Waals surface area contributed by atoms with Gasteiger partial charge in [0.05, 0.1) is 11.6 Å². The van der Waals surface area contributed by atoms with E-state index in [2.05, 4.69) is 13.0 Å². The standard InChI is InChI=1S/C25H36N4O2/c1-8-9-10-11-19(15-18-12-13-20(14-17(18)4)31-16(2)3)22-21(24(27)30)23(26)29(28-22)25(5,6)7/h10-16H,8-9,26H2,1-7H3,(H2,27,30). The normalized spacial score (nSPS) is 12.7. The number of aromatic nitrogens is 2. The Morgan fingerprint density at radius 3 is 2.48 bits per heavy atom. The Labute approximate surface area is 186 Å². The minimum Gasteiger partial charge on any atom is -0.491 e. The number of hydrogen-bond donors (Lipinski definition) is 2. The Bertz CT molecular complexity index is 992. The molecule has 0 bridgehead atoms. The predicted molar refractivity (Wildman–Crippen MR) is 129 cm³/mol. The summed E-state index contributed by atoms with van der Waals surface area (Å²) in [4.78, 5) is 12.3. The minimum atomic E-state index is -0.588. The fraction of sp³-hybridized carbons (Fsp3) is 0.440. The number of allylic oxidation sites excluding steroid dienone is 3. The van der Waals surface area contributed by atoms with E-state index in [1.54, 1.807) is 4.68 Å². The van der Waals surface area contributed by atoms with Gasteiger partial charge in [-0.3, -0.25) is 4.79 Å². The molecule has 0 spiro atoms. The zero-order valence-electron chi connectivity index (χ0n) is 19.8. The lowest BCUT2D eigenvalue weighted by Gasteiger charge is -2.20. The summed E-state index contributed by atoms with van der Waals surface area (Å²) in [5.41, 5.74) is 15.2. The lowest BCUT2D eigenvalue weighted by atomic mass is 10.0. The van der Waals surface area contributed by atoms with Crippen LogP contribution in [0, 0.1) is 6.92 Å². The first kappa shape index (κ1) is 24.3. The number of hydrogen-bond acceptors (Lipinski definition) is 4. The van der Waals surface area contributed by atoms with Crippen molar-refractivity contribution in [2.24, 2.45) is 5.73 Å². The number of nitrogens with zero attached hydrogens (tertiary/aromatic N) is 2. The first-order valence-corrected chi connectivity index (χ1v) is 10.8. The second kappa shape index (κ2) is 9.86. The van der Waals surface area contributed by atoms with Gasteiger partial charge in [0.2, 0.25) is 0 Å². The highest BCUT2D eigenvalue weighted by molar-refractivity contribution is 6.04. The predicted octanol–water partition coefficient (Wildman–Crippen LogP) is 5.31. The summed E-state index contributed by atoms with van der Waals surface area (Å²) in [6.45, 7) is 14.1. The molecule has 0 aliphatic carbocycles. The van der Waals surface area contributed by atoms with E-state index in [4.69, 9.17) is 21.3 Å². The van der Waals surface area contributed by atoms with Gasteiger partial charge < -0.3 is 16.2 Å². The number of ether oxygens (including phenoxy) is 1. The SMILES string of the molecule is CCCC=CC(=Cc1ccc(OC(C)C)cc1C)c1nn(C(C)(C)C)c(N)c1C(N)=O. The molecule has 0 aliphatic heterocycles. The van der Waals surface area contributed by atoms with Gasteiger partial charge in [-0.2, -0.15) is 5.10 Å². The van der Waals surface area contributed by atoms with Crippen molar-refractivity contribution in [1.82, 2.24) is 9.78 Å². The van der Waals surface area contributed by atoms with E-state index >= 15 is 0 Å². The number of aryl methyl sites for hydroxylation is 1. The van der Waals surface area contributed by atoms with Crippen molar-refractivity contribution in [3.05, 3.63) is 52.7 Å². The van der Waals surface area contributed by atoms with Crippen LogP contribution in [0.5, 0.6) is 5.75 Å². The molecule has 1 aromatic carbocycles. The van der Waals surface area contributed by atoms with E-state index in [-0.39, 0.29) is 17.5 Å². The first-order valence-electron chi connectivity index (χ1n) is 10.8. The number of unbranched alkanes of at least 4 members (excludes halogenated alkanes) is 1. The Morgan fingerprint density at radius 1 is 1.29 bits per heavy atom. The van der Waals surface area contributed by atoms with Crippen molar-refractivity contribution >= 4 is 23.4 Å². The topological polar surface area (TPSA) is 96.2 Å². The fourth-order valence-corrected chi connectivity index (χ4v) is 3.28. The molecule has 0 saturated heterocycles. The molecule has 2 rings (SSSR count). The molecule has 0 saturated carbocycles. The first-order chi connectivity index (χ1) is 14.5. The maximum atomic E-state index is 12.3. The van der Waals surface area contributed by atoms with Crippen LogP contribution >= 0.6 is 0 Å². The molecular weight excluding hydrogens is 388 g/mol. The molecular formula is C25H36N4O2. The molecule has 0 fully saturated rings. The van der Waals surface area contributed by atoms with Gasteiger partial charge in [-0.1, -0.05) is 31.6 Å². The molecule has 6 heteroatoms. The number of anilines is 1. The van der Waals surface area contributed by atoms with Gasteiger partial charge in [-0.15, -0.1) is 0 Å². The summed E-state index contributed by atoms with van der Waals surface area (Å²) in [6.07, 6.45) is 8.12. The smallest absolute Gasteiger partial charge is 0.254 e. The molecule has 1 amide bonds. The molecule has 168 valence electrons. The third-order valence-corrected chi connectivity index (χ3v) is 4.75. The van der Waals surface area contributed by atoms with Crippen molar-refractivity contribution in [2.75, 3.05) is 5.73 Å². The number of nitrogens with two attached hydrogens (primary N) is 2. The number of carbonyl (C=O) groups excluding carboxylic acids is 1.